The number of aromatic nitrogens is 1. The number of carbonyl (C=O) groups excluding carboxylic acids is 2. The van der Waals surface area contributed by atoms with Gasteiger partial charge in [-0.25, -0.2) is 4.98 Å². The van der Waals surface area contributed by atoms with Crippen LogP contribution in [0, 0.1) is 5.41 Å². The number of amides is 2. The van der Waals surface area contributed by atoms with Gasteiger partial charge in [0.15, 0.2) is 5.13 Å². The fourth-order valence-corrected chi connectivity index (χ4v) is 8.08. The van der Waals surface area contributed by atoms with E-state index in [1.165, 1.54) is 33.6 Å². The zero-order valence-corrected chi connectivity index (χ0v) is 26.1. The standard InChI is InChI=1S/C40H31N3O2S/c1-40(23-33-29-17-5-7-19-31(29)36(40)32-20-8-6-18-30(32)33)38(45)43-39-42-35(24-46-39)26-14-11-15-27(22-26)37(44)41-34-21-10-9-16-28(34)25-12-3-2-4-13-25/h2-22,24,33,36H,23H2,1H3,(H,41,44)(H,42,43,45). The Morgan fingerprint density at radius 2 is 1.35 bits per heavy atom. The van der Waals surface area contributed by atoms with Gasteiger partial charge in [-0.2, -0.15) is 0 Å². The van der Waals surface area contributed by atoms with Gasteiger partial charge in [-0.3, -0.25) is 9.59 Å². The number of carbonyl (C=O) groups is 2. The first-order valence-corrected chi connectivity index (χ1v) is 16.4. The number of fused-ring (bicyclic) bond motifs is 1. The molecule has 46 heavy (non-hydrogen) atoms. The van der Waals surface area contributed by atoms with Crippen LogP contribution in [-0.2, 0) is 4.79 Å². The molecule has 3 aliphatic rings. The first-order valence-electron chi connectivity index (χ1n) is 15.5. The second-order valence-corrected chi connectivity index (χ2v) is 13.2. The maximum absolute atomic E-state index is 14.1. The van der Waals surface area contributed by atoms with Gasteiger partial charge in [0, 0.05) is 39.6 Å². The summed E-state index contributed by atoms with van der Waals surface area (Å²) in [6, 6.07) is 42.4. The molecule has 1 atom stereocenters. The second-order valence-electron chi connectivity index (χ2n) is 12.3. The summed E-state index contributed by atoms with van der Waals surface area (Å²) in [6.45, 7) is 2.10. The van der Waals surface area contributed by atoms with Crippen molar-refractivity contribution in [2.24, 2.45) is 5.41 Å². The third-order valence-electron chi connectivity index (χ3n) is 9.55. The fourth-order valence-electron chi connectivity index (χ4n) is 7.37. The van der Waals surface area contributed by atoms with E-state index in [0.29, 0.717) is 16.4 Å². The second kappa shape index (κ2) is 11.2. The molecular formula is C40H31N3O2S. The summed E-state index contributed by atoms with van der Waals surface area (Å²) in [5.41, 5.74) is 9.34. The van der Waals surface area contributed by atoms with Crippen LogP contribution in [0.15, 0.2) is 133 Å². The monoisotopic (exact) mass is 617 g/mol. The van der Waals surface area contributed by atoms with Gasteiger partial charge in [0.2, 0.25) is 5.91 Å². The van der Waals surface area contributed by atoms with Gasteiger partial charge in [-0.05, 0) is 59.4 Å². The highest BCUT2D eigenvalue weighted by atomic mass is 32.1. The van der Waals surface area contributed by atoms with Crippen molar-refractivity contribution in [2.45, 2.75) is 25.2 Å². The minimum Gasteiger partial charge on any atom is -0.321 e. The summed E-state index contributed by atoms with van der Waals surface area (Å²) in [5.74, 6) is -0.0486. The molecule has 1 heterocycles. The molecule has 0 saturated carbocycles. The number of rotatable bonds is 6. The van der Waals surface area contributed by atoms with E-state index in [9.17, 15) is 9.59 Å². The first-order chi connectivity index (χ1) is 22.5. The predicted octanol–water partition coefficient (Wildman–Crippen LogP) is 9.36. The molecule has 0 aliphatic heterocycles. The molecule has 1 aromatic heterocycles. The molecule has 5 aromatic carbocycles. The minimum atomic E-state index is -0.618. The highest BCUT2D eigenvalue weighted by Gasteiger charge is 2.54. The summed E-state index contributed by atoms with van der Waals surface area (Å²) in [7, 11) is 0. The molecule has 224 valence electrons. The van der Waals surface area contributed by atoms with Gasteiger partial charge >= 0.3 is 0 Å². The summed E-state index contributed by atoms with van der Waals surface area (Å²) >= 11 is 1.40. The number of para-hydroxylation sites is 1. The van der Waals surface area contributed by atoms with Gasteiger partial charge < -0.3 is 10.6 Å². The Morgan fingerprint density at radius 3 is 2.09 bits per heavy atom. The molecule has 3 aliphatic carbocycles. The van der Waals surface area contributed by atoms with Crippen molar-refractivity contribution in [3.63, 3.8) is 0 Å². The molecular weight excluding hydrogens is 587 g/mol. The molecule has 0 radical (unpaired) electrons. The highest BCUT2D eigenvalue weighted by Crippen LogP contribution is 2.61. The normalized spacial score (nSPS) is 19.2. The average Bonchev–Trinajstić information content (AvgIpc) is 3.57. The van der Waals surface area contributed by atoms with Crippen LogP contribution in [0.1, 0.15) is 57.8 Å². The SMILES string of the molecule is CC1(C(=O)Nc2nc(-c3cccc(C(=O)Nc4ccccc4-c4ccccc4)c3)cs2)CC2c3ccccc3C1c1ccccc12. The fraction of sp³-hybridized carbons (Fsp3) is 0.125. The van der Waals surface area contributed by atoms with Crippen LogP contribution in [0.2, 0.25) is 0 Å². The zero-order chi connectivity index (χ0) is 31.3. The minimum absolute atomic E-state index is 0.0161. The Hall–Kier alpha value is -5.33. The molecule has 1 unspecified atom stereocenters. The van der Waals surface area contributed by atoms with Crippen molar-refractivity contribution in [2.75, 3.05) is 10.6 Å². The van der Waals surface area contributed by atoms with Crippen LogP contribution in [0.25, 0.3) is 22.4 Å². The Labute approximate surface area is 272 Å². The van der Waals surface area contributed by atoms with Crippen LogP contribution in [0.5, 0.6) is 0 Å². The molecule has 9 rings (SSSR count). The van der Waals surface area contributed by atoms with Crippen molar-refractivity contribution < 1.29 is 9.59 Å². The van der Waals surface area contributed by atoms with Crippen LogP contribution in [0.3, 0.4) is 0 Å². The zero-order valence-electron chi connectivity index (χ0n) is 25.2. The number of nitrogens with one attached hydrogen (secondary N) is 2. The highest BCUT2D eigenvalue weighted by molar-refractivity contribution is 7.14. The number of hydrogen-bond acceptors (Lipinski definition) is 4. The van der Waals surface area contributed by atoms with E-state index in [4.69, 9.17) is 4.98 Å². The smallest absolute Gasteiger partial charge is 0.255 e. The Bertz CT molecular complexity index is 2070. The molecule has 6 heteroatoms. The summed E-state index contributed by atoms with van der Waals surface area (Å²) < 4.78 is 0. The topological polar surface area (TPSA) is 71.1 Å². The van der Waals surface area contributed by atoms with E-state index in [2.05, 4.69) is 66.1 Å². The lowest BCUT2D eigenvalue weighted by Crippen LogP contribution is -2.47. The van der Waals surface area contributed by atoms with E-state index in [0.717, 1.165) is 28.8 Å². The number of benzene rings is 5. The molecule has 0 fully saturated rings. The number of anilines is 2. The Balaban J connectivity index is 1.02. The van der Waals surface area contributed by atoms with Crippen LogP contribution in [0.4, 0.5) is 10.8 Å². The Morgan fingerprint density at radius 1 is 0.717 bits per heavy atom. The van der Waals surface area contributed by atoms with Crippen molar-refractivity contribution in [3.05, 3.63) is 161 Å². The number of hydrogen-bond donors (Lipinski definition) is 2. The summed E-state index contributed by atoms with van der Waals surface area (Å²) in [6.07, 6.45) is 0.750. The molecule has 2 amide bonds. The van der Waals surface area contributed by atoms with Crippen molar-refractivity contribution in [3.8, 4) is 22.4 Å². The van der Waals surface area contributed by atoms with E-state index in [1.807, 2.05) is 78.2 Å². The third-order valence-corrected chi connectivity index (χ3v) is 10.3. The van der Waals surface area contributed by atoms with E-state index in [1.54, 1.807) is 6.07 Å². The van der Waals surface area contributed by atoms with E-state index in [-0.39, 0.29) is 23.7 Å². The average molecular weight is 618 g/mol. The first kappa shape index (κ1) is 28.2. The van der Waals surface area contributed by atoms with Crippen molar-refractivity contribution in [1.82, 2.24) is 4.98 Å². The lowest BCUT2D eigenvalue weighted by Gasteiger charge is -2.50. The third kappa shape index (κ3) is 4.73. The van der Waals surface area contributed by atoms with Gasteiger partial charge in [0.05, 0.1) is 11.1 Å². The molecule has 5 nitrogen and oxygen atoms in total. The van der Waals surface area contributed by atoms with Crippen molar-refractivity contribution in [1.29, 1.82) is 0 Å². The molecule has 2 N–H and O–H groups in total. The molecule has 0 saturated heterocycles. The summed E-state index contributed by atoms with van der Waals surface area (Å²) in [4.78, 5) is 32.3. The van der Waals surface area contributed by atoms with Crippen LogP contribution in [-0.4, -0.2) is 16.8 Å². The predicted molar refractivity (Wildman–Crippen MR) is 185 cm³/mol. The maximum atomic E-state index is 14.1. The number of nitrogens with zero attached hydrogens (tertiary/aromatic N) is 1. The van der Waals surface area contributed by atoms with Crippen LogP contribution >= 0.6 is 11.3 Å². The van der Waals surface area contributed by atoms with Gasteiger partial charge in [0.1, 0.15) is 0 Å². The summed E-state index contributed by atoms with van der Waals surface area (Å²) in [5, 5.41) is 8.74. The lowest BCUT2D eigenvalue weighted by atomic mass is 9.52. The van der Waals surface area contributed by atoms with Crippen molar-refractivity contribution >= 4 is 34.0 Å². The van der Waals surface area contributed by atoms with Crippen LogP contribution < -0.4 is 10.6 Å². The van der Waals surface area contributed by atoms with E-state index < -0.39 is 5.41 Å². The molecule has 2 bridgehead atoms. The maximum Gasteiger partial charge on any atom is 0.255 e. The van der Waals surface area contributed by atoms with E-state index >= 15 is 0 Å². The van der Waals surface area contributed by atoms with Gasteiger partial charge in [-0.1, -0.05) is 109 Å². The van der Waals surface area contributed by atoms with Gasteiger partial charge in [0.25, 0.3) is 5.91 Å². The Kier molecular flexibility index (Phi) is 6.88. The quantitative estimate of drug-likeness (QED) is 0.196. The van der Waals surface area contributed by atoms with Gasteiger partial charge in [-0.15, -0.1) is 11.3 Å². The number of thiazole rings is 1. The molecule has 0 spiro atoms. The molecule has 6 aromatic rings. The largest absolute Gasteiger partial charge is 0.321 e. The lowest BCUT2D eigenvalue weighted by molar-refractivity contribution is -0.126.